The van der Waals surface area contributed by atoms with E-state index in [2.05, 4.69) is 6.58 Å². The molecule has 0 amide bonds. The Morgan fingerprint density at radius 1 is 1.05 bits per heavy atom. The van der Waals surface area contributed by atoms with E-state index in [9.17, 15) is 8.42 Å². The maximum Gasteiger partial charge on any atom is 0.206 e. The second kappa shape index (κ2) is 5.51. The van der Waals surface area contributed by atoms with Gasteiger partial charge in [0.15, 0.2) is 0 Å². The molecule has 0 aliphatic rings. The molecule has 20 heavy (non-hydrogen) atoms. The van der Waals surface area contributed by atoms with Crippen LogP contribution in [0.25, 0.3) is 5.57 Å². The summed E-state index contributed by atoms with van der Waals surface area (Å²) in [5.74, 6) is 0.615. The van der Waals surface area contributed by atoms with Crippen LogP contribution in [0.2, 0.25) is 0 Å². The number of sulfone groups is 1. The molecule has 0 N–H and O–H groups in total. The van der Waals surface area contributed by atoms with E-state index in [1.165, 1.54) is 0 Å². The molecule has 104 valence electrons. The van der Waals surface area contributed by atoms with Crippen LogP contribution in [0.1, 0.15) is 12.5 Å². The highest BCUT2D eigenvalue weighted by Gasteiger charge is 2.19. The van der Waals surface area contributed by atoms with Crippen molar-refractivity contribution in [1.29, 1.82) is 0 Å². The molecule has 0 aliphatic heterocycles. The number of hydrogen-bond acceptors (Lipinski definition) is 3. The Morgan fingerprint density at radius 3 is 2.25 bits per heavy atom. The van der Waals surface area contributed by atoms with E-state index >= 15 is 0 Å². The first-order valence-electron chi connectivity index (χ1n) is 6.11. The minimum atomic E-state index is -3.52. The smallest absolute Gasteiger partial charge is 0.206 e. The molecule has 0 saturated carbocycles. The quantitative estimate of drug-likeness (QED) is 0.864. The number of hydrogen-bond donors (Lipinski definition) is 0. The van der Waals surface area contributed by atoms with E-state index in [1.807, 2.05) is 6.92 Å². The van der Waals surface area contributed by atoms with Gasteiger partial charge in [-0.25, -0.2) is 8.42 Å². The molecule has 0 heterocycles. The monoisotopic (exact) mass is 288 g/mol. The standard InChI is InChI=1S/C16H16O3S/c1-12(2)15-11-14(9-10-16(15)19-3)20(17,18)13-7-5-4-6-8-13/h4-11H,1H2,2-3H3. The van der Waals surface area contributed by atoms with Crippen LogP contribution in [-0.2, 0) is 9.84 Å². The van der Waals surface area contributed by atoms with Crippen molar-refractivity contribution in [3.05, 3.63) is 60.7 Å². The number of ether oxygens (including phenoxy) is 1. The van der Waals surface area contributed by atoms with Gasteiger partial charge in [-0.1, -0.05) is 24.8 Å². The van der Waals surface area contributed by atoms with E-state index in [0.717, 1.165) is 5.57 Å². The van der Waals surface area contributed by atoms with Gasteiger partial charge in [-0.05, 0) is 42.8 Å². The van der Waals surface area contributed by atoms with Gasteiger partial charge in [-0.15, -0.1) is 0 Å². The highest BCUT2D eigenvalue weighted by Crippen LogP contribution is 2.30. The SMILES string of the molecule is C=C(C)c1cc(S(=O)(=O)c2ccccc2)ccc1OC. The summed E-state index contributed by atoms with van der Waals surface area (Å²) in [6, 6.07) is 13.2. The highest BCUT2D eigenvalue weighted by atomic mass is 32.2. The van der Waals surface area contributed by atoms with Gasteiger partial charge in [0.05, 0.1) is 16.9 Å². The zero-order valence-electron chi connectivity index (χ0n) is 11.5. The Labute approximate surface area is 119 Å². The minimum absolute atomic E-state index is 0.238. The first-order valence-corrected chi connectivity index (χ1v) is 7.59. The van der Waals surface area contributed by atoms with Crippen molar-refractivity contribution in [3.63, 3.8) is 0 Å². The Morgan fingerprint density at radius 2 is 1.70 bits per heavy atom. The summed E-state index contributed by atoms with van der Waals surface area (Å²) in [4.78, 5) is 0.514. The van der Waals surface area contributed by atoms with E-state index < -0.39 is 9.84 Å². The average molecular weight is 288 g/mol. The predicted molar refractivity (Wildman–Crippen MR) is 79.6 cm³/mol. The Bertz CT molecular complexity index is 732. The van der Waals surface area contributed by atoms with Gasteiger partial charge in [-0.2, -0.15) is 0 Å². The largest absolute Gasteiger partial charge is 0.496 e. The summed E-state index contributed by atoms with van der Waals surface area (Å²) in [7, 11) is -1.97. The maximum atomic E-state index is 12.5. The molecule has 4 heteroatoms. The summed E-state index contributed by atoms with van der Waals surface area (Å²) in [5, 5.41) is 0. The lowest BCUT2D eigenvalue weighted by molar-refractivity contribution is 0.413. The normalized spacial score (nSPS) is 11.1. The van der Waals surface area contributed by atoms with Crippen molar-refractivity contribution in [2.45, 2.75) is 16.7 Å². The van der Waals surface area contributed by atoms with Gasteiger partial charge in [0.25, 0.3) is 0 Å². The Hall–Kier alpha value is -2.07. The fourth-order valence-electron chi connectivity index (χ4n) is 1.92. The molecule has 0 unspecified atom stereocenters. The number of rotatable bonds is 4. The van der Waals surface area contributed by atoms with Crippen LogP contribution in [0.3, 0.4) is 0 Å². The zero-order chi connectivity index (χ0) is 14.8. The summed E-state index contributed by atoms with van der Waals surface area (Å²) in [6.45, 7) is 5.67. The molecule has 0 spiro atoms. The minimum Gasteiger partial charge on any atom is -0.496 e. The topological polar surface area (TPSA) is 43.4 Å². The van der Waals surface area contributed by atoms with E-state index in [1.54, 1.807) is 55.6 Å². The molecule has 0 radical (unpaired) electrons. The van der Waals surface area contributed by atoms with Gasteiger partial charge in [0.1, 0.15) is 5.75 Å². The molecular formula is C16H16O3S. The second-order valence-electron chi connectivity index (χ2n) is 4.46. The third-order valence-corrected chi connectivity index (χ3v) is 4.76. The lowest BCUT2D eigenvalue weighted by atomic mass is 10.1. The third-order valence-electron chi connectivity index (χ3n) is 2.99. The van der Waals surface area contributed by atoms with Crippen LogP contribution in [0.4, 0.5) is 0 Å². The Kier molecular flexibility index (Phi) is 3.95. The van der Waals surface area contributed by atoms with Crippen molar-refractivity contribution in [2.75, 3.05) is 7.11 Å². The van der Waals surface area contributed by atoms with Crippen molar-refractivity contribution >= 4 is 15.4 Å². The van der Waals surface area contributed by atoms with E-state index in [0.29, 0.717) is 11.3 Å². The fourth-order valence-corrected chi connectivity index (χ4v) is 3.23. The molecule has 0 fully saturated rings. The summed E-state index contributed by atoms with van der Waals surface area (Å²) >= 11 is 0. The summed E-state index contributed by atoms with van der Waals surface area (Å²) in [5.41, 5.74) is 1.46. The maximum absolute atomic E-state index is 12.5. The number of allylic oxidation sites excluding steroid dienone is 1. The van der Waals surface area contributed by atoms with E-state index in [-0.39, 0.29) is 9.79 Å². The molecular weight excluding hydrogens is 272 g/mol. The van der Waals surface area contributed by atoms with Crippen molar-refractivity contribution < 1.29 is 13.2 Å². The lowest BCUT2D eigenvalue weighted by Gasteiger charge is -2.11. The van der Waals surface area contributed by atoms with Crippen LogP contribution >= 0.6 is 0 Å². The van der Waals surface area contributed by atoms with Gasteiger partial charge < -0.3 is 4.74 Å². The molecule has 0 aromatic heterocycles. The van der Waals surface area contributed by atoms with E-state index in [4.69, 9.17) is 4.74 Å². The van der Waals surface area contributed by atoms with Gasteiger partial charge in [-0.3, -0.25) is 0 Å². The zero-order valence-corrected chi connectivity index (χ0v) is 12.3. The highest BCUT2D eigenvalue weighted by molar-refractivity contribution is 7.91. The third kappa shape index (κ3) is 2.60. The molecule has 0 bridgehead atoms. The molecule has 2 aromatic rings. The molecule has 2 rings (SSSR count). The van der Waals surface area contributed by atoms with Gasteiger partial charge in [0, 0.05) is 5.56 Å². The Balaban J connectivity index is 2.59. The number of methoxy groups -OCH3 is 1. The summed E-state index contributed by atoms with van der Waals surface area (Å²) in [6.07, 6.45) is 0. The van der Waals surface area contributed by atoms with Crippen molar-refractivity contribution in [1.82, 2.24) is 0 Å². The fraction of sp³-hybridized carbons (Fsp3) is 0.125. The lowest BCUT2D eigenvalue weighted by Crippen LogP contribution is -2.03. The van der Waals surface area contributed by atoms with Gasteiger partial charge in [0.2, 0.25) is 9.84 Å². The van der Waals surface area contributed by atoms with Crippen LogP contribution in [0.5, 0.6) is 5.75 Å². The van der Waals surface area contributed by atoms with Gasteiger partial charge >= 0.3 is 0 Å². The molecule has 3 nitrogen and oxygen atoms in total. The molecule has 0 aliphatic carbocycles. The van der Waals surface area contributed by atoms with Crippen LogP contribution in [0.15, 0.2) is 64.9 Å². The number of benzene rings is 2. The molecule has 0 saturated heterocycles. The summed E-state index contributed by atoms with van der Waals surface area (Å²) < 4.78 is 30.3. The first kappa shape index (κ1) is 14.3. The molecule has 0 atom stereocenters. The van der Waals surface area contributed by atoms with Crippen LogP contribution in [-0.4, -0.2) is 15.5 Å². The molecule has 2 aromatic carbocycles. The second-order valence-corrected chi connectivity index (χ2v) is 6.41. The van der Waals surface area contributed by atoms with Crippen LogP contribution < -0.4 is 4.74 Å². The van der Waals surface area contributed by atoms with Crippen molar-refractivity contribution in [3.8, 4) is 5.75 Å². The average Bonchev–Trinajstić information content (AvgIpc) is 2.47. The predicted octanol–water partition coefficient (Wildman–Crippen LogP) is 3.56. The first-order chi connectivity index (χ1) is 9.46. The van der Waals surface area contributed by atoms with Crippen LogP contribution in [0, 0.1) is 0 Å². The van der Waals surface area contributed by atoms with Crippen molar-refractivity contribution in [2.24, 2.45) is 0 Å².